The molecule has 1 aromatic carbocycles. The van der Waals surface area contributed by atoms with Crippen molar-refractivity contribution in [3.63, 3.8) is 0 Å². The summed E-state index contributed by atoms with van der Waals surface area (Å²) in [6, 6.07) is 5.03. The summed E-state index contributed by atoms with van der Waals surface area (Å²) >= 11 is 0. The number of nitrogens with one attached hydrogen (secondary N) is 1. The Morgan fingerprint density at radius 2 is 2.33 bits per heavy atom. The summed E-state index contributed by atoms with van der Waals surface area (Å²) in [7, 11) is 1.45. The molecule has 0 unspecified atom stereocenters. The number of rotatable bonds is 1. The van der Waals surface area contributed by atoms with E-state index in [4.69, 9.17) is 10.00 Å². The second-order valence-electron chi connectivity index (χ2n) is 2.91. The maximum atomic E-state index is 11.4. The molecule has 1 aromatic heterocycles. The van der Waals surface area contributed by atoms with Crippen LogP contribution < -0.4 is 10.3 Å². The maximum Gasteiger partial charge on any atom is 0.258 e. The monoisotopic (exact) mass is 201 g/mol. The first-order chi connectivity index (χ1) is 7.26. The van der Waals surface area contributed by atoms with Gasteiger partial charge in [-0.3, -0.25) is 4.79 Å². The molecule has 74 valence electrons. The zero-order chi connectivity index (χ0) is 10.8. The Hall–Kier alpha value is -2.35. The summed E-state index contributed by atoms with van der Waals surface area (Å²) in [4.78, 5) is 17.8. The lowest BCUT2D eigenvalue weighted by atomic mass is 10.1. The summed E-state index contributed by atoms with van der Waals surface area (Å²) in [6.07, 6.45) is 1.30. The van der Waals surface area contributed by atoms with E-state index < -0.39 is 0 Å². The van der Waals surface area contributed by atoms with Gasteiger partial charge in [-0.15, -0.1) is 0 Å². The minimum absolute atomic E-state index is 0.247. The van der Waals surface area contributed by atoms with Crippen molar-refractivity contribution in [3.8, 4) is 11.8 Å². The summed E-state index contributed by atoms with van der Waals surface area (Å²) in [5, 5.41) is 9.25. The van der Waals surface area contributed by atoms with Crippen molar-refractivity contribution in [1.29, 1.82) is 5.26 Å². The highest BCUT2D eigenvalue weighted by Gasteiger charge is 2.07. The number of nitriles is 1. The molecule has 0 bridgehead atoms. The van der Waals surface area contributed by atoms with Gasteiger partial charge >= 0.3 is 0 Å². The first-order valence-electron chi connectivity index (χ1n) is 4.22. The number of H-pyrrole nitrogens is 1. The predicted molar refractivity (Wildman–Crippen MR) is 53.6 cm³/mol. The molecule has 0 fully saturated rings. The Morgan fingerprint density at radius 1 is 1.53 bits per heavy atom. The zero-order valence-electron chi connectivity index (χ0n) is 7.94. The van der Waals surface area contributed by atoms with E-state index in [1.807, 2.05) is 6.07 Å². The smallest absolute Gasteiger partial charge is 0.258 e. The van der Waals surface area contributed by atoms with Crippen molar-refractivity contribution in [2.24, 2.45) is 0 Å². The van der Waals surface area contributed by atoms with Crippen molar-refractivity contribution >= 4 is 10.9 Å². The van der Waals surface area contributed by atoms with Crippen LogP contribution in [0.4, 0.5) is 0 Å². The molecule has 0 saturated carbocycles. The number of ether oxygens (including phenoxy) is 1. The van der Waals surface area contributed by atoms with Gasteiger partial charge in [0.05, 0.1) is 29.9 Å². The van der Waals surface area contributed by atoms with Gasteiger partial charge in [0.15, 0.2) is 0 Å². The van der Waals surface area contributed by atoms with Gasteiger partial charge in [0, 0.05) is 0 Å². The van der Waals surface area contributed by atoms with Gasteiger partial charge in [0.25, 0.3) is 5.56 Å². The topological polar surface area (TPSA) is 78.8 Å². The van der Waals surface area contributed by atoms with E-state index in [-0.39, 0.29) is 5.56 Å². The number of fused-ring (bicyclic) bond motifs is 1. The molecule has 5 nitrogen and oxygen atoms in total. The van der Waals surface area contributed by atoms with Crippen LogP contribution in [0.3, 0.4) is 0 Å². The molecule has 0 radical (unpaired) electrons. The number of hydrogen-bond donors (Lipinski definition) is 1. The fraction of sp³-hybridized carbons (Fsp3) is 0.100. The van der Waals surface area contributed by atoms with Crippen LogP contribution in [0.15, 0.2) is 23.3 Å². The Morgan fingerprint density at radius 3 is 3.00 bits per heavy atom. The number of benzene rings is 1. The van der Waals surface area contributed by atoms with Crippen molar-refractivity contribution < 1.29 is 4.74 Å². The van der Waals surface area contributed by atoms with Crippen LogP contribution in [-0.4, -0.2) is 17.1 Å². The minimum Gasteiger partial charge on any atom is -0.495 e. The largest absolute Gasteiger partial charge is 0.495 e. The van der Waals surface area contributed by atoms with Gasteiger partial charge in [-0.2, -0.15) is 5.26 Å². The van der Waals surface area contributed by atoms with Crippen LogP contribution in [0.5, 0.6) is 5.75 Å². The molecular weight excluding hydrogens is 194 g/mol. The fourth-order valence-electron chi connectivity index (χ4n) is 1.35. The van der Waals surface area contributed by atoms with E-state index in [1.165, 1.54) is 25.6 Å². The Labute approximate surface area is 84.9 Å². The van der Waals surface area contributed by atoms with Crippen LogP contribution in [0.1, 0.15) is 5.56 Å². The van der Waals surface area contributed by atoms with Gasteiger partial charge in [-0.05, 0) is 12.1 Å². The average molecular weight is 201 g/mol. The third-order valence-electron chi connectivity index (χ3n) is 2.08. The molecular formula is C10H7N3O2. The Bertz CT molecular complexity index is 610. The number of methoxy groups -OCH3 is 1. The Balaban J connectivity index is 2.89. The molecule has 0 aliphatic rings. The van der Waals surface area contributed by atoms with E-state index in [9.17, 15) is 4.79 Å². The lowest BCUT2D eigenvalue weighted by molar-refractivity contribution is 0.414. The lowest BCUT2D eigenvalue weighted by Gasteiger charge is -2.03. The standard InChI is InChI=1S/C10H7N3O2/c1-15-9-3-7-8(2-6(9)4-11)12-5-13-10(7)14/h2-3,5H,1H3,(H,12,13,14). The molecule has 1 N–H and O–H groups in total. The zero-order valence-corrected chi connectivity index (χ0v) is 7.94. The maximum absolute atomic E-state index is 11.4. The SMILES string of the molecule is COc1cc2c(=O)[nH]cnc2cc1C#N. The van der Waals surface area contributed by atoms with Gasteiger partial charge < -0.3 is 9.72 Å². The molecule has 0 aliphatic carbocycles. The normalized spacial score (nSPS) is 9.87. The third-order valence-corrected chi connectivity index (χ3v) is 2.08. The number of nitrogens with zero attached hydrogens (tertiary/aromatic N) is 2. The summed E-state index contributed by atoms with van der Waals surface area (Å²) in [5.41, 5.74) is 0.599. The quantitative estimate of drug-likeness (QED) is 0.740. The Kier molecular flexibility index (Phi) is 2.10. The lowest BCUT2D eigenvalue weighted by Crippen LogP contribution is -2.06. The predicted octanol–water partition coefficient (Wildman–Crippen LogP) is 0.803. The van der Waals surface area contributed by atoms with Crippen molar-refractivity contribution in [2.45, 2.75) is 0 Å². The van der Waals surface area contributed by atoms with Crippen LogP contribution >= 0.6 is 0 Å². The fourth-order valence-corrected chi connectivity index (χ4v) is 1.35. The van der Waals surface area contributed by atoms with Crippen LogP contribution in [0.2, 0.25) is 0 Å². The summed E-state index contributed by atoms with van der Waals surface area (Å²) < 4.78 is 5.00. The molecule has 5 heteroatoms. The second-order valence-corrected chi connectivity index (χ2v) is 2.91. The van der Waals surface area contributed by atoms with E-state index in [0.717, 1.165) is 0 Å². The highest BCUT2D eigenvalue weighted by atomic mass is 16.5. The molecule has 0 spiro atoms. The van der Waals surface area contributed by atoms with Crippen molar-refractivity contribution in [2.75, 3.05) is 7.11 Å². The molecule has 0 amide bonds. The number of hydrogen-bond acceptors (Lipinski definition) is 4. The van der Waals surface area contributed by atoms with E-state index in [0.29, 0.717) is 22.2 Å². The van der Waals surface area contributed by atoms with Gasteiger partial charge in [-0.25, -0.2) is 4.98 Å². The van der Waals surface area contributed by atoms with Crippen LogP contribution in [0.25, 0.3) is 10.9 Å². The van der Waals surface area contributed by atoms with E-state index >= 15 is 0 Å². The second kappa shape index (κ2) is 3.42. The number of aromatic nitrogens is 2. The average Bonchev–Trinajstić information content (AvgIpc) is 2.28. The minimum atomic E-state index is -0.247. The highest BCUT2D eigenvalue weighted by molar-refractivity contribution is 5.81. The molecule has 0 aliphatic heterocycles. The molecule has 0 saturated heterocycles. The first kappa shape index (κ1) is 9.21. The van der Waals surface area contributed by atoms with Crippen LogP contribution in [0, 0.1) is 11.3 Å². The molecule has 2 aromatic rings. The molecule has 1 heterocycles. The van der Waals surface area contributed by atoms with Gasteiger partial charge in [-0.1, -0.05) is 0 Å². The summed E-state index contributed by atoms with van der Waals surface area (Å²) in [5.74, 6) is 0.378. The van der Waals surface area contributed by atoms with Gasteiger partial charge in [0.1, 0.15) is 11.8 Å². The summed E-state index contributed by atoms with van der Waals surface area (Å²) in [6.45, 7) is 0. The van der Waals surface area contributed by atoms with Crippen molar-refractivity contribution in [1.82, 2.24) is 9.97 Å². The van der Waals surface area contributed by atoms with Gasteiger partial charge in [0.2, 0.25) is 0 Å². The molecule has 15 heavy (non-hydrogen) atoms. The van der Waals surface area contributed by atoms with Crippen molar-refractivity contribution in [3.05, 3.63) is 34.4 Å². The number of aromatic amines is 1. The molecule has 0 atom stereocenters. The first-order valence-corrected chi connectivity index (χ1v) is 4.22. The van der Waals surface area contributed by atoms with E-state index in [2.05, 4.69) is 9.97 Å². The van der Waals surface area contributed by atoms with Crippen LogP contribution in [-0.2, 0) is 0 Å². The third kappa shape index (κ3) is 1.42. The van der Waals surface area contributed by atoms with E-state index in [1.54, 1.807) is 0 Å². The highest BCUT2D eigenvalue weighted by Crippen LogP contribution is 2.21. The molecule has 2 rings (SSSR count).